The molecule has 1 saturated carbocycles. The molecule has 0 radical (unpaired) electrons. The molecule has 0 spiro atoms. The number of carbonyl (C=O) groups excluding carboxylic acids is 1. The molecule has 1 aliphatic rings. The smallest absolute Gasteiger partial charge is 0.191 e. The van der Waals surface area contributed by atoms with Gasteiger partial charge in [0.05, 0.1) is 17.8 Å². The second kappa shape index (κ2) is 6.90. The number of rotatable bonds is 5. The fourth-order valence-corrected chi connectivity index (χ4v) is 2.45. The molecule has 20 heavy (non-hydrogen) atoms. The molecule has 2 atom stereocenters. The summed E-state index contributed by atoms with van der Waals surface area (Å²) in [5.41, 5.74) is -0.260. The van der Waals surface area contributed by atoms with Crippen LogP contribution in [0, 0.1) is 11.6 Å². The monoisotopic (exact) mass is 284 g/mol. The molecule has 0 aromatic heterocycles. The van der Waals surface area contributed by atoms with Crippen LogP contribution in [0.3, 0.4) is 0 Å². The molecule has 3 nitrogen and oxygen atoms in total. The summed E-state index contributed by atoms with van der Waals surface area (Å²) in [5.74, 6) is -1.90. The largest absolute Gasteiger partial charge is 0.381 e. The van der Waals surface area contributed by atoms with Crippen LogP contribution in [-0.4, -0.2) is 31.7 Å². The van der Waals surface area contributed by atoms with Crippen molar-refractivity contribution in [2.75, 3.05) is 13.7 Å². The number of hydrogen-bond acceptors (Lipinski definition) is 3. The Morgan fingerprint density at radius 3 is 2.80 bits per heavy atom. The zero-order chi connectivity index (χ0) is 14.5. The molecule has 0 aliphatic heterocycles. The number of ether oxygens (including phenoxy) is 2. The van der Waals surface area contributed by atoms with Crippen LogP contribution in [0.5, 0.6) is 0 Å². The van der Waals surface area contributed by atoms with Gasteiger partial charge in [-0.05, 0) is 43.9 Å². The van der Waals surface area contributed by atoms with Crippen molar-refractivity contribution in [3.05, 3.63) is 35.4 Å². The van der Waals surface area contributed by atoms with Crippen LogP contribution in [0.25, 0.3) is 0 Å². The van der Waals surface area contributed by atoms with Gasteiger partial charge in [0.2, 0.25) is 0 Å². The normalized spacial score (nSPS) is 22.8. The molecule has 1 aliphatic carbocycles. The summed E-state index contributed by atoms with van der Waals surface area (Å²) in [6.07, 6.45) is 3.65. The third-order valence-electron chi connectivity index (χ3n) is 3.59. The molecule has 2 rings (SSSR count). The van der Waals surface area contributed by atoms with E-state index < -0.39 is 17.4 Å². The maximum absolute atomic E-state index is 13.4. The highest BCUT2D eigenvalue weighted by atomic mass is 19.1. The molecule has 1 aromatic rings. The van der Waals surface area contributed by atoms with Crippen molar-refractivity contribution in [1.82, 2.24) is 0 Å². The molecular weight excluding hydrogens is 266 g/mol. The lowest BCUT2D eigenvalue weighted by Crippen LogP contribution is -2.29. The molecule has 0 heterocycles. The number of hydrogen-bond donors (Lipinski definition) is 0. The first kappa shape index (κ1) is 15.1. The van der Waals surface area contributed by atoms with Crippen molar-refractivity contribution in [2.24, 2.45) is 0 Å². The number of ketones is 1. The van der Waals surface area contributed by atoms with E-state index in [1.165, 1.54) is 0 Å². The minimum atomic E-state index is -0.724. The average Bonchev–Trinajstić information content (AvgIpc) is 2.47. The fourth-order valence-electron chi connectivity index (χ4n) is 2.45. The minimum absolute atomic E-state index is 0.0609. The zero-order valence-electron chi connectivity index (χ0n) is 11.4. The van der Waals surface area contributed by atoms with Crippen molar-refractivity contribution in [3.8, 4) is 0 Å². The van der Waals surface area contributed by atoms with Crippen molar-refractivity contribution >= 4 is 5.78 Å². The molecular formula is C15H18F2O3. The third kappa shape index (κ3) is 3.84. The zero-order valence-corrected chi connectivity index (χ0v) is 11.4. The summed E-state index contributed by atoms with van der Waals surface area (Å²) >= 11 is 0. The summed E-state index contributed by atoms with van der Waals surface area (Å²) in [7, 11) is 1.65. The number of Topliss-reactive ketones (excluding diaryl/α,β-unsaturated/α-hetero) is 1. The van der Waals surface area contributed by atoms with Crippen LogP contribution < -0.4 is 0 Å². The molecule has 0 N–H and O–H groups in total. The SMILES string of the molecule is COC1CCCC(OCC(=O)c2cc(F)ccc2F)C1. The summed E-state index contributed by atoms with van der Waals surface area (Å²) in [5, 5.41) is 0. The van der Waals surface area contributed by atoms with E-state index in [-0.39, 0.29) is 24.4 Å². The van der Waals surface area contributed by atoms with Crippen LogP contribution >= 0.6 is 0 Å². The van der Waals surface area contributed by atoms with E-state index in [2.05, 4.69) is 0 Å². The predicted molar refractivity (Wildman–Crippen MR) is 69.7 cm³/mol. The van der Waals surface area contributed by atoms with Crippen LogP contribution in [0.1, 0.15) is 36.0 Å². The predicted octanol–water partition coefficient (Wildman–Crippen LogP) is 3.12. The Labute approximate surface area is 116 Å². The van der Waals surface area contributed by atoms with Crippen LogP contribution in [-0.2, 0) is 9.47 Å². The summed E-state index contributed by atoms with van der Waals surface area (Å²) in [6.45, 7) is -0.235. The number of methoxy groups -OCH3 is 1. The molecule has 0 saturated heterocycles. The maximum Gasteiger partial charge on any atom is 0.191 e. The Balaban J connectivity index is 1.90. The van der Waals surface area contributed by atoms with Crippen LogP contribution in [0.4, 0.5) is 8.78 Å². The van der Waals surface area contributed by atoms with Crippen LogP contribution in [0.15, 0.2) is 18.2 Å². The molecule has 1 aromatic carbocycles. The topological polar surface area (TPSA) is 35.5 Å². The summed E-state index contributed by atoms with van der Waals surface area (Å²) < 4.78 is 37.2. The Bertz CT molecular complexity index is 476. The average molecular weight is 284 g/mol. The van der Waals surface area contributed by atoms with Crippen molar-refractivity contribution in [1.29, 1.82) is 0 Å². The molecule has 110 valence electrons. The Kier molecular flexibility index (Phi) is 5.20. The van der Waals surface area contributed by atoms with Crippen molar-refractivity contribution < 1.29 is 23.0 Å². The van der Waals surface area contributed by atoms with Gasteiger partial charge in [-0.15, -0.1) is 0 Å². The van der Waals surface area contributed by atoms with E-state index in [9.17, 15) is 13.6 Å². The van der Waals surface area contributed by atoms with Gasteiger partial charge in [-0.2, -0.15) is 0 Å². The van der Waals surface area contributed by atoms with E-state index in [1.807, 2.05) is 0 Å². The molecule has 1 fully saturated rings. The van der Waals surface area contributed by atoms with Gasteiger partial charge in [-0.25, -0.2) is 8.78 Å². The standard InChI is InChI=1S/C15H18F2O3/c1-19-11-3-2-4-12(8-11)20-9-15(18)13-7-10(16)5-6-14(13)17/h5-7,11-12H,2-4,8-9H2,1H3. The first-order valence-corrected chi connectivity index (χ1v) is 6.72. The lowest BCUT2D eigenvalue weighted by atomic mass is 9.95. The summed E-state index contributed by atoms with van der Waals surface area (Å²) in [6, 6.07) is 2.83. The van der Waals surface area contributed by atoms with E-state index >= 15 is 0 Å². The lowest BCUT2D eigenvalue weighted by Gasteiger charge is -2.27. The first-order chi connectivity index (χ1) is 9.60. The van der Waals surface area contributed by atoms with Gasteiger partial charge in [-0.1, -0.05) is 0 Å². The van der Waals surface area contributed by atoms with E-state index in [0.29, 0.717) is 0 Å². The van der Waals surface area contributed by atoms with Gasteiger partial charge >= 0.3 is 0 Å². The second-order valence-electron chi connectivity index (χ2n) is 5.00. The quantitative estimate of drug-likeness (QED) is 0.779. The van der Waals surface area contributed by atoms with Gasteiger partial charge < -0.3 is 9.47 Å². The molecule has 2 unspecified atom stereocenters. The van der Waals surface area contributed by atoms with Gasteiger partial charge in [0.1, 0.15) is 18.2 Å². The Hall–Kier alpha value is -1.33. The maximum atomic E-state index is 13.4. The van der Waals surface area contributed by atoms with Crippen molar-refractivity contribution in [3.63, 3.8) is 0 Å². The number of carbonyl (C=O) groups is 1. The van der Waals surface area contributed by atoms with Crippen molar-refractivity contribution in [2.45, 2.75) is 37.9 Å². The van der Waals surface area contributed by atoms with Gasteiger partial charge in [-0.3, -0.25) is 4.79 Å². The van der Waals surface area contributed by atoms with E-state index in [1.54, 1.807) is 7.11 Å². The highest BCUT2D eigenvalue weighted by Crippen LogP contribution is 2.23. The second-order valence-corrected chi connectivity index (χ2v) is 5.00. The number of halogens is 2. The Morgan fingerprint density at radius 1 is 1.30 bits per heavy atom. The highest BCUT2D eigenvalue weighted by Gasteiger charge is 2.23. The third-order valence-corrected chi connectivity index (χ3v) is 3.59. The first-order valence-electron chi connectivity index (χ1n) is 6.72. The fraction of sp³-hybridized carbons (Fsp3) is 0.533. The van der Waals surface area contributed by atoms with Gasteiger partial charge in [0, 0.05) is 7.11 Å². The number of benzene rings is 1. The summed E-state index contributed by atoms with van der Waals surface area (Å²) in [4.78, 5) is 11.8. The van der Waals surface area contributed by atoms with Crippen LogP contribution in [0.2, 0.25) is 0 Å². The molecule has 5 heteroatoms. The lowest BCUT2D eigenvalue weighted by molar-refractivity contribution is -0.0243. The minimum Gasteiger partial charge on any atom is -0.381 e. The van der Waals surface area contributed by atoms with E-state index in [4.69, 9.17) is 9.47 Å². The van der Waals surface area contributed by atoms with Gasteiger partial charge in [0.25, 0.3) is 0 Å². The molecule has 0 amide bonds. The highest BCUT2D eigenvalue weighted by molar-refractivity contribution is 5.97. The molecule has 0 bridgehead atoms. The van der Waals surface area contributed by atoms with E-state index in [0.717, 1.165) is 43.9 Å². The van der Waals surface area contributed by atoms with Gasteiger partial charge in [0.15, 0.2) is 5.78 Å². The Morgan fingerprint density at radius 2 is 2.05 bits per heavy atom.